The molecule has 0 radical (unpaired) electrons. The molecule has 1 atom stereocenters. The maximum Gasteiger partial charge on any atom is 0.251 e. The number of carbonyl (C=O) groups excluding carboxylic acids is 1. The van der Waals surface area contributed by atoms with E-state index in [1.165, 1.54) is 21.6 Å². The Morgan fingerprint density at radius 3 is 2.51 bits per heavy atom. The summed E-state index contributed by atoms with van der Waals surface area (Å²) in [5, 5.41) is 15.0. The second-order valence-electron chi connectivity index (χ2n) is 8.84. The zero-order valence-electron chi connectivity index (χ0n) is 19.8. The van der Waals surface area contributed by atoms with Crippen molar-refractivity contribution in [2.45, 2.75) is 19.9 Å². The average Bonchev–Trinajstić information content (AvgIpc) is 3.33. The van der Waals surface area contributed by atoms with Crippen molar-refractivity contribution < 1.29 is 13.2 Å². The molecule has 10 nitrogen and oxygen atoms in total. The molecule has 1 amide bonds. The van der Waals surface area contributed by atoms with E-state index in [1.54, 1.807) is 12.1 Å². The van der Waals surface area contributed by atoms with E-state index in [4.69, 9.17) is 11.6 Å². The van der Waals surface area contributed by atoms with E-state index in [1.807, 2.05) is 38.1 Å². The van der Waals surface area contributed by atoms with Crippen LogP contribution < -0.4 is 5.32 Å². The molecule has 1 aliphatic rings. The lowest BCUT2D eigenvalue weighted by Gasteiger charge is -2.34. The fourth-order valence-corrected chi connectivity index (χ4v) is 5.32. The predicted octanol–water partition coefficient (Wildman–Crippen LogP) is 1.99. The Morgan fingerprint density at radius 1 is 1.14 bits per heavy atom. The van der Waals surface area contributed by atoms with Crippen molar-refractivity contribution in [1.29, 1.82) is 0 Å². The zero-order chi connectivity index (χ0) is 25.2. The van der Waals surface area contributed by atoms with Crippen molar-refractivity contribution in [3.63, 3.8) is 0 Å². The summed E-state index contributed by atoms with van der Waals surface area (Å²) in [6.45, 7) is 6.67. The van der Waals surface area contributed by atoms with Gasteiger partial charge in [0.15, 0.2) is 0 Å². The Balaban J connectivity index is 1.51. The van der Waals surface area contributed by atoms with E-state index < -0.39 is 10.0 Å². The SMILES string of the molecule is Cc1ccc(-c2cc(C(=O)NC(C)CN3CCN(S(C)(=O)=O)CC3)cc(-n3cnnn3)c2)c(Cl)c1. The number of amides is 1. The third-order valence-electron chi connectivity index (χ3n) is 5.94. The number of carbonyl (C=O) groups is 1. The van der Waals surface area contributed by atoms with Gasteiger partial charge in [-0.1, -0.05) is 23.7 Å². The van der Waals surface area contributed by atoms with Crippen molar-refractivity contribution in [1.82, 2.24) is 34.7 Å². The molecule has 0 bridgehead atoms. The summed E-state index contributed by atoms with van der Waals surface area (Å²) < 4.78 is 26.4. The van der Waals surface area contributed by atoms with E-state index in [0.29, 0.717) is 49.0 Å². The molecule has 1 aliphatic heterocycles. The Kier molecular flexibility index (Phi) is 7.50. The Labute approximate surface area is 209 Å². The molecule has 186 valence electrons. The van der Waals surface area contributed by atoms with Crippen LogP contribution in [0.3, 0.4) is 0 Å². The molecule has 2 aromatic carbocycles. The van der Waals surface area contributed by atoms with Gasteiger partial charge in [0, 0.05) is 54.9 Å². The lowest BCUT2D eigenvalue weighted by Crippen LogP contribution is -2.51. The third kappa shape index (κ3) is 6.23. The van der Waals surface area contributed by atoms with Crippen molar-refractivity contribution >= 4 is 27.5 Å². The summed E-state index contributed by atoms with van der Waals surface area (Å²) in [7, 11) is -3.18. The van der Waals surface area contributed by atoms with Gasteiger partial charge < -0.3 is 5.32 Å². The van der Waals surface area contributed by atoms with Gasteiger partial charge in [-0.15, -0.1) is 5.10 Å². The number of halogens is 1. The van der Waals surface area contributed by atoms with Crippen LogP contribution in [0.2, 0.25) is 5.02 Å². The van der Waals surface area contributed by atoms with Gasteiger partial charge in [0.05, 0.1) is 11.9 Å². The highest BCUT2D eigenvalue weighted by atomic mass is 35.5. The van der Waals surface area contributed by atoms with Crippen molar-refractivity contribution in [3.05, 3.63) is 58.9 Å². The molecule has 3 aromatic rings. The first kappa shape index (κ1) is 25.2. The molecule has 0 saturated carbocycles. The zero-order valence-corrected chi connectivity index (χ0v) is 21.4. The number of sulfonamides is 1. The monoisotopic (exact) mass is 517 g/mol. The minimum absolute atomic E-state index is 0.143. The van der Waals surface area contributed by atoms with E-state index >= 15 is 0 Å². The number of aryl methyl sites for hydroxylation is 1. The second kappa shape index (κ2) is 10.4. The topological polar surface area (TPSA) is 113 Å². The van der Waals surface area contributed by atoms with Crippen molar-refractivity contribution in [3.8, 4) is 16.8 Å². The Hall–Kier alpha value is -2.86. The molecule has 1 unspecified atom stereocenters. The summed E-state index contributed by atoms with van der Waals surface area (Å²) in [6, 6.07) is 11.1. The smallest absolute Gasteiger partial charge is 0.251 e. The number of rotatable bonds is 7. The van der Waals surface area contributed by atoms with E-state index in [-0.39, 0.29) is 11.9 Å². The highest BCUT2D eigenvalue weighted by Gasteiger charge is 2.24. The molecular formula is C23H28ClN7O3S. The number of aromatic nitrogens is 4. The van der Waals surface area contributed by atoms with Gasteiger partial charge in [0.1, 0.15) is 6.33 Å². The summed E-state index contributed by atoms with van der Waals surface area (Å²) in [5.41, 5.74) is 3.72. The number of nitrogens with zero attached hydrogens (tertiary/aromatic N) is 6. The summed E-state index contributed by atoms with van der Waals surface area (Å²) in [5.74, 6) is -0.230. The number of tetrazole rings is 1. The van der Waals surface area contributed by atoms with E-state index in [2.05, 4.69) is 25.7 Å². The van der Waals surface area contributed by atoms with Gasteiger partial charge in [-0.25, -0.2) is 13.1 Å². The van der Waals surface area contributed by atoms with Crippen LogP contribution in [0.25, 0.3) is 16.8 Å². The fraction of sp³-hybridized carbons (Fsp3) is 0.391. The van der Waals surface area contributed by atoms with Gasteiger partial charge in [0.2, 0.25) is 10.0 Å². The maximum atomic E-state index is 13.2. The minimum Gasteiger partial charge on any atom is -0.348 e. The normalized spacial score (nSPS) is 16.2. The predicted molar refractivity (Wildman–Crippen MR) is 134 cm³/mol. The largest absolute Gasteiger partial charge is 0.348 e. The lowest BCUT2D eigenvalue weighted by atomic mass is 10.00. The van der Waals surface area contributed by atoms with E-state index in [0.717, 1.165) is 16.7 Å². The number of piperazine rings is 1. The number of hydrogen-bond acceptors (Lipinski definition) is 7. The standard InChI is InChI=1S/C23H28ClN7O3S/c1-16-4-5-21(22(24)10-16)18-11-19(13-20(12-18)31-15-25-27-28-31)23(32)26-17(2)14-29-6-8-30(9-7-29)35(3,33)34/h4-5,10-13,15,17H,6-9,14H2,1-3H3,(H,26,32). The first-order valence-corrected chi connectivity index (χ1v) is 13.5. The third-order valence-corrected chi connectivity index (χ3v) is 7.55. The van der Waals surface area contributed by atoms with Gasteiger partial charge in [-0.05, 0) is 59.7 Å². The fourth-order valence-electron chi connectivity index (χ4n) is 4.15. The van der Waals surface area contributed by atoms with Crippen molar-refractivity contribution in [2.24, 2.45) is 0 Å². The lowest BCUT2D eigenvalue weighted by molar-refractivity contribution is 0.0922. The van der Waals surface area contributed by atoms with Crippen LogP contribution in [0.15, 0.2) is 42.7 Å². The number of nitrogens with one attached hydrogen (secondary N) is 1. The van der Waals surface area contributed by atoms with Gasteiger partial charge in [0.25, 0.3) is 5.91 Å². The average molecular weight is 518 g/mol. The van der Waals surface area contributed by atoms with Crippen LogP contribution in [0.4, 0.5) is 0 Å². The molecule has 2 heterocycles. The molecule has 35 heavy (non-hydrogen) atoms. The van der Waals surface area contributed by atoms with Crippen LogP contribution in [-0.2, 0) is 10.0 Å². The van der Waals surface area contributed by atoms with Crippen molar-refractivity contribution in [2.75, 3.05) is 39.0 Å². The van der Waals surface area contributed by atoms with Gasteiger partial charge in [-0.3, -0.25) is 9.69 Å². The summed E-state index contributed by atoms with van der Waals surface area (Å²) in [4.78, 5) is 15.4. The van der Waals surface area contributed by atoms with Crippen LogP contribution in [0, 0.1) is 6.92 Å². The summed E-state index contributed by atoms with van der Waals surface area (Å²) >= 11 is 6.51. The number of hydrogen-bond donors (Lipinski definition) is 1. The highest BCUT2D eigenvalue weighted by Crippen LogP contribution is 2.31. The van der Waals surface area contributed by atoms with Crippen LogP contribution in [0.1, 0.15) is 22.8 Å². The minimum atomic E-state index is -3.18. The first-order valence-electron chi connectivity index (χ1n) is 11.2. The quantitative estimate of drug-likeness (QED) is 0.509. The number of benzene rings is 2. The molecule has 1 N–H and O–H groups in total. The maximum absolute atomic E-state index is 13.2. The molecule has 0 spiro atoms. The van der Waals surface area contributed by atoms with Gasteiger partial charge >= 0.3 is 0 Å². The molecule has 12 heteroatoms. The molecule has 4 rings (SSSR count). The molecule has 1 saturated heterocycles. The Bertz CT molecular complexity index is 1310. The molecule has 1 fully saturated rings. The molecule has 1 aromatic heterocycles. The van der Waals surface area contributed by atoms with Crippen LogP contribution in [-0.4, -0.2) is 88.8 Å². The van der Waals surface area contributed by atoms with Gasteiger partial charge in [-0.2, -0.15) is 4.31 Å². The summed E-state index contributed by atoms with van der Waals surface area (Å²) in [6.07, 6.45) is 2.70. The van der Waals surface area contributed by atoms with Crippen LogP contribution >= 0.6 is 11.6 Å². The Morgan fingerprint density at radius 2 is 1.89 bits per heavy atom. The van der Waals surface area contributed by atoms with E-state index in [9.17, 15) is 13.2 Å². The molecular weight excluding hydrogens is 490 g/mol. The molecule has 0 aliphatic carbocycles. The second-order valence-corrected chi connectivity index (χ2v) is 11.2. The first-order chi connectivity index (χ1) is 16.6. The van der Waals surface area contributed by atoms with Crippen LogP contribution in [0.5, 0.6) is 0 Å². The highest BCUT2D eigenvalue weighted by molar-refractivity contribution is 7.88.